The lowest BCUT2D eigenvalue weighted by Gasteiger charge is -2.40. The lowest BCUT2D eigenvalue weighted by atomic mass is 10.1. The summed E-state index contributed by atoms with van der Waals surface area (Å²) < 4.78 is 0. The molecule has 0 aromatic carbocycles. The molecule has 2 fully saturated rings. The zero-order valence-corrected chi connectivity index (χ0v) is 11.4. The van der Waals surface area contributed by atoms with Gasteiger partial charge in [-0.25, -0.2) is 5.84 Å². The van der Waals surface area contributed by atoms with Gasteiger partial charge in [0.15, 0.2) is 0 Å². The highest BCUT2D eigenvalue weighted by atomic mass is 16.2. The molecular formula is C13H26N4O. The Bertz CT molecular complexity index is 270. The van der Waals surface area contributed by atoms with Gasteiger partial charge in [-0.05, 0) is 19.3 Å². The summed E-state index contributed by atoms with van der Waals surface area (Å²) in [6.45, 7) is 6.21. The summed E-state index contributed by atoms with van der Waals surface area (Å²) in [5.74, 6) is 5.20. The number of hydrogen-bond acceptors (Lipinski definition) is 4. The summed E-state index contributed by atoms with van der Waals surface area (Å²) in [5, 5.41) is 0. The predicted molar refractivity (Wildman–Crippen MR) is 71.8 cm³/mol. The van der Waals surface area contributed by atoms with E-state index in [4.69, 9.17) is 5.84 Å². The first kappa shape index (κ1) is 13.8. The molecule has 1 heterocycles. The zero-order chi connectivity index (χ0) is 13.0. The lowest BCUT2D eigenvalue weighted by Crippen LogP contribution is -2.56. The van der Waals surface area contributed by atoms with Crippen LogP contribution in [0.2, 0.25) is 0 Å². The molecule has 1 saturated heterocycles. The number of hydrogen-bond donors (Lipinski definition) is 2. The molecule has 3 N–H and O–H groups in total. The fourth-order valence-electron chi connectivity index (χ4n) is 3.39. The molecule has 5 heteroatoms. The van der Waals surface area contributed by atoms with Gasteiger partial charge in [0.1, 0.15) is 0 Å². The molecule has 1 amide bonds. The molecule has 1 unspecified atom stereocenters. The van der Waals surface area contributed by atoms with Gasteiger partial charge < -0.3 is 0 Å². The number of piperazine rings is 1. The van der Waals surface area contributed by atoms with Crippen LogP contribution in [0.5, 0.6) is 0 Å². The van der Waals surface area contributed by atoms with E-state index in [0.717, 1.165) is 38.6 Å². The van der Waals surface area contributed by atoms with Crippen LogP contribution in [0, 0.1) is 0 Å². The minimum Gasteiger partial charge on any atom is -0.298 e. The SMILES string of the molecule is CCC(C(=O)NN)N1CCN(C2CCCC2)CC1. The van der Waals surface area contributed by atoms with E-state index in [1.165, 1.54) is 25.7 Å². The Morgan fingerprint density at radius 1 is 1.28 bits per heavy atom. The van der Waals surface area contributed by atoms with Gasteiger partial charge in [-0.2, -0.15) is 0 Å². The number of nitrogens with two attached hydrogens (primary N) is 1. The fraction of sp³-hybridized carbons (Fsp3) is 0.923. The van der Waals surface area contributed by atoms with E-state index in [0.29, 0.717) is 0 Å². The molecule has 0 bridgehead atoms. The largest absolute Gasteiger partial charge is 0.298 e. The first-order valence-corrected chi connectivity index (χ1v) is 7.24. The number of carbonyl (C=O) groups is 1. The average molecular weight is 254 g/mol. The normalized spacial score (nSPS) is 25.2. The van der Waals surface area contributed by atoms with E-state index in [2.05, 4.69) is 15.2 Å². The summed E-state index contributed by atoms with van der Waals surface area (Å²) >= 11 is 0. The van der Waals surface area contributed by atoms with Gasteiger partial charge in [0.05, 0.1) is 6.04 Å². The van der Waals surface area contributed by atoms with Gasteiger partial charge in [-0.15, -0.1) is 0 Å². The van der Waals surface area contributed by atoms with Crippen molar-refractivity contribution < 1.29 is 4.79 Å². The summed E-state index contributed by atoms with van der Waals surface area (Å²) in [6.07, 6.45) is 6.32. The van der Waals surface area contributed by atoms with E-state index in [1.54, 1.807) is 0 Å². The van der Waals surface area contributed by atoms with Crippen molar-refractivity contribution in [2.75, 3.05) is 26.2 Å². The van der Waals surface area contributed by atoms with Crippen molar-refractivity contribution in [3.63, 3.8) is 0 Å². The monoisotopic (exact) mass is 254 g/mol. The van der Waals surface area contributed by atoms with Crippen molar-refractivity contribution in [1.29, 1.82) is 0 Å². The molecule has 0 aromatic rings. The number of nitrogens with one attached hydrogen (secondary N) is 1. The highest BCUT2D eigenvalue weighted by molar-refractivity contribution is 5.81. The zero-order valence-electron chi connectivity index (χ0n) is 11.4. The number of hydrazine groups is 1. The maximum absolute atomic E-state index is 11.7. The highest BCUT2D eigenvalue weighted by Crippen LogP contribution is 2.24. The van der Waals surface area contributed by atoms with Crippen molar-refractivity contribution in [2.45, 2.75) is 51.1 Å². The number of amides is 1. The Morgan fingerprint density at radius 2 is 1.89 bits per heavy atom. The molecule has 1 aliphatic heterocycles. The molecule has 5 nitrogen and oxygen atoms in total. The van der Waals surface area contributed by atoms with Crippen molar-refractivity contribution in [2.24, 2.45) is 5.84 Å². The van der Waals surface area contributed by atoms with Crippen LogP contribution in [0.1, 0.15) is 39.0 Å². The van der Waals surface area contributed by atoms with Gasteiger partial charge in [0.25, 0.3) is 5.91 Å². The van der Waals surface area contributed by atoms with Crippen LogP contribution in [-0.4, -0.2) is 54.0 Å². The van der Waals surface area contributed by atoms with E-state index < -0.39 is 0 Å². The quantitative estimate of drug-likeness (QED) is 0.431. The van der Waals surface area contributed by atoms with Crippen molar-refractivity contribution in [3.05, 3.63) is 0 Å². The van der Waals surface area contributed by atoms with E-state index >= 15 is 0 Å². The topological polar surface area (TPSA) is 61.6 Å². The Balaban J connectivity index is 1.83. The summed E-state index contributed by atoms with van der Waals surface area (Å²) in [7, 11) is 0. The van der Waals surface area contributed by atoms with Gasteiger partial charge in [0, 0.05) is 32.2 Å². The maximum atomic E-state index is 11.7. The van der Waals surface area contributed by atoms with Crippen molar-refractivity contribution in [1.82, 2.24) is 15.2 Å². The molecule has 0 spiro atoms. The fourth-order valence-corrected chi connectivity index (χ4v) is 3.39. The molecule has 0 aromatic heterocycles. The highest BCUT2D eigenvalue weighted by Gasteiger charge is 2.30. The summed E-state index contributed by atoms with van der Waals surface area (Å²) in [6, 6.07) is 0.747. The molecule has 2 aliphatic rings. The van der Waals surface area contributed by atoms with Crippen LogP contribution in [0.15, 0.2) is 0 Å². The first-order chi connectivity index (χ1) is 8.76. The Hall–Kier alpha value is -0.650. The predicted octanol–water partition coefficient (Wildman–Crippen LogP) is 0.315. The van der Waals surface area contributed by atoms with Crippen molar-refractivity contribution >= 4 is 5.91 Å². The third-order valence-electron chi connectivity index (χ3n) is 4.46. The van der Waals surface area contributed by atoms with E-state index in [9.17, 15) is 4.79 Å². The molecule has 104 valence electrons. The second-order valence-electron chi connectivity index (χ2n) is 5.44. The van der Waals surface area contributed by atoms with Gasteiger partial charge in [0.2, 0.25) is 0 Å². The molecule has 1 atom stereocenters. The van der Waals surface area contributed by atoms with Crippen LogP contribution in [0.25, 0.3) is 0 Å². The van der Waals surface area contributed by atoms with Crippen LogP contribution in [0.3, 0.4) is 0 Å². The minimum absolute atomic E-state index is 0.0492. The average Bonchev–Trinajstić information content (AvgIpc) is 2.94. The number of carbonyl (C=O) groups excluding carboxylic acids is 1. The molecule has 18 heavy (non-hydrogen) atoms. The molecule has 1 aliphatic carbocycles. The van der Waals surface area contributed by atoms with E-state index in [-0.39, 0.29) is 11.9 Å². The van der Waals surface area contributed by atoms with Crippen molar-refractivity contribution in [3.8, 4) is 0 Å². The van der Waals surface area contributed by atoms with Crippen LogP contribution in [0.4, 0.5) is 0 Å². The van der Waals surface area contributed by atoms with Crippen LogP contribution in [-0.2, 0) is 4.79 Å². The molecule has 0 radical (unpaired) electrons. The smallest absolute Gasteiger partial charge is 0.251 e. The van der Waals surface area contributed by atoms with Gasteiger partial charge in [-0.1, -0.05) is 19.8 Å². The Labute approximate surface area is 110 Å². The molecule has 1 saturated carbocycles. The summed E-state index contributed by atoms with van der Waals surface area (Å²) in [5.41, 5.74) is 2.29. The third-order valence-corrected chi connectivity index (χ3v) is 4.46. The van der Waals surface area contributed by atoms with Gasteiger partial charge >= 0.3 is 0 Å². The second kappa shape index (κ2) is 6.50. The molecular weight excluding hydrogens is 228 g/mol. The van der Waals surface area contributed by atoms with Gasteiger partial charge in [-0.3, -0.25) is 20.0 Å². The first-order valence-electron chi connectivity index (χ1n) is 7.24. The standard InChI is InChI=1S/C13H26N4O/c1-2-12(13(18)15-14)17-9-7-16(8-10-17)11-5-3-4-6-11/h11-12H,2-10,14H2,1H3,(H,15,18). The lowest BCUT2D eigenvalue weighted by molar-refractivity contribution is -0.127. The number of nitrogens with zero attached hydrogens (tertiary/aromatic N) is 2. The Kier molecular flexibility index (Phi) is 4.97. The van der Waals surface area contributed by atoms with Crippen LogP contribution >= 0.6 is 0 Å². The third kappa shape index (κ3) is 3.02. The molecule has 2 rings (SSSR count). The van der Waals surface area contributed by atoms with Crippen LogP contribution < -0.4 is 11.3 Å². The minimum atomic E-state index is -0.0549. The van der Waals surface area contributed by atoms with E-state index in [1.807, 2.05) is 6.92 Å². The summed E-state index contributed by atoms with van der Waals surface area (Å²) in [4.78, 5) is 16.6. The second-order valence-corrected chi connectivity index (χ2v) is 5.44. The number of rotatable bonds is 4. The Morgan fingerprint density at radius 3 is 2.39 bits per heavy atom. The maximum Gasteiger partial charge on any atom is 0.251 e.